The van der Waals surface area contributed by atoms with E-state index in [4.69, 9.17) is 4.74 Å². The van der Waals surface area contributed by atoms with Gasteiger partial charge >= 0.3 is 0 Å². The highest BCUT2D eigenvalue weighted by molar-refractivity contribution is 7.13. The molecule has 1 amide bonds. The SMILES string of the molecule is CCc1nc(C)sc1C(=O)NC[C@H]1COc2ccccc2C1. The van der Waals surface area contributed by atoms with Crippen molar-refractivity contribution in [2.24, 2.45) is 5.92 Å². The Morgan fingerprint density at radius 3 is 3.09 bits per heavy atom. The van der Waals surface area contributed by atoms with Crippen molar-refractivity contribution in [3.8, 4) is 5.75 Å². The predicted octanol–water partition coefficient (Wildman–Crippen LogP) is 3.00. The molecule has 1 aliphatic heterocycles. The Morgan fingerprint density at radius 1 is 1.45 bits per heavy atom. The minimum atomic E-state index is -0.0127. The van der Waals surface area contributed by atoms with Crippen LogP contribution < -0.4 is 10.1 Å². The van der Waals surface area contributed by atoms with E-state index in [1.54, 1.807) is 0 Å². The summed E-state index contributed by atoms with van der Waals surface area (Å²) in [5, 5.41) is 3.98. The number of carbonyl (C=O) groups excluding carboxylic acids is 1. The largest absolute Gasteiger partial charge is 0.493 e. The molecule has 4 nitrogen and oxygen atoms in total. The number of para-hydroxylation sites is 1. The Kier molecular flexibility index (Phi) is 4.43. The van der Waals surface area contributed by atoms with Gasteiger partial charge in [0.15, 0.2) is 0 Å². The second-order valence-electron chi connectivity index (χ2n) is 5.56. The standard InChI is InChI=1S/C17H20N2O2S/c1-3-14-16(22-11(2)19-14)17(20)18-9-12-8-13-6-4-5-7-15(13)21-10-12/h4-7,12H,3,8-10H2,1-2H3,(H,18,20)/t12-/m0/s1. The number of carbonyl (C=O) groups is 1. The van der Waals surface area contributed by atoms with E-state index in [-0.39, 0.29) is 5.91 Å². The van der Waals surface area contributed by atoms with Gasteiger partial charge in [-0.3, -0.25) is 4.79 Å². The lowest BCUT2D eigenvalue weighted by atomic mass is 9.97. The number of aryl methyl sites for hydroxylation is 2. The molecule has 0 saturated carbocycles. The average Bonchev–Trinajstić information content (AvgIpc) is 2.93. The van der Waals surface area contributed by atoms with Gasteiger partial charge in [0.2, 0.25) is 0 Å². The maximum Gasteiger partial charge on any atom is 0.263 e. The van der Waals surface area contributed by atoms with Crippen LogP contribution in [0.15, 0.2) is 24.3 Å². The molecule has 22 heavy (non-hydrogen) atoms. The predicted molar refractivity (Wildman–Crippen MR) is 87.7 cm³/mol. The monoisotopic (exact) mass is 316 g/mol. The van der Waals surface area contributed by atoms with Crippen LogP contribution in [0, 0.1) is 12.8 Å². The minimum absolute atomic E-state index is 0.0127. The molecule has 2 aromatic rings. The Morgan fingerprint density at radius 2 is 2.27 bits per heavy atom. The van der Waals surface area contributed by atoms with Crippen molar-refractivity contribution in [3.05, 3.63) is 45.4 Å². The maximum atomic E-state index is 12.3. The Hall–Kier alpha value is -1.88. The van der Waals surface area contributed by atoms with E-state index >= 15 is 0 Å². The van der Waals surface area contributed by atoms with Crippen LogP contribution in [0.2, 0.25) is 0 Å². The molecule has 1 aromatic carbocycles. The molecular weight excluding hydrogens is 296 g/mol. The number of hydrogen-bond acceptors (Lipinski definition) is 4. The number of aromatic nitrogens is 1. The summed E-state index contributed by atoms with van der Waals surface area (Å²) in [4.78, 5) is 17.5. The second-order valence-corrected chi connectivity index (χ2v) is 6.76. The van der Waals surface area contributed by atoms with Crippen LogP contribution in [0.4, 0.5) is 0 Å². The van der Waals surface area contributed by atoms with E-state index in [0.29, 0.717) is 19.1 Å². The van der Waals surface area contributed by atoms with Gasteiger partial charge in [-0.05, 0) is 31.4 Å². The van der Waals surface area contributed by atoms with E-state index in [0.717, 1.165) is 34.2 Å². The van der Waals surface area contributed by atoms with Gasteiger partial charge < -0.3 is 10.1 Å². The summed E-state index contributed by atoms with van der Waals surface area (Å²) in [7, 11) is 0. The number of rotatable bonds is 4. The lowest BCUT2D eigenvalue weighted by Crippen LogP contribution is -2.34. The summed E-state index contributed by atoms with van der Waals surface area (Å²) in [6, 6.07) is 8.10. The number of benzene rings is 1. The highest BCUT2D eigenvalue weighted by Crippen LogP contribution is 2.26. The van der Waals surface area contributed by atoms with E-state index in [1.165, 1.54) is 16.9 Å². The van der Waals surface area contributed by atoms with Crippen molar-refractivity contribution in [2.75, 3.05) is 13.2 Å². The lowest BCUT2D eigenvalue weighted by molar-refractivity contribution is 0.0942. The van der Waals surface area contributed by atoms with Gasteiger partial charge in [0.05, 0.1) is 17.3 Å². The molecule has 0 fully saturated rings. The second kappa shape index (κ2) is 6.48. The molecule has 5 heteroatoms. The molecule has 0 bridgehead atoms. The molecule has 116 valence electrons. The van der Waals surface area contributed by atoms with E-state index in [1.807, 2.05) is 32.0 Å². The first-order valence-corrected chi connectivity index (χ1v) is 8.44. The lowest BCUT2D eigenvalue weighted by Gasteiger charge is -2.25. The van der Waals surface area contributed by atoms with Crippen LogP contribution in [-0.4, -0.2) is 24.0 Å². The molecule has 2 heterocycles. The molecule has 0 saturated heterocycles. The molecule has 0 spiro atoms. The molecule has 0 aliphatic carbocycles. The number of nitrogens with zero attached hydrogens (tertiary/aromatic N) is 1. The Labute approximate surface area is 134 Å². The molecule has 1 aliphatic rings. The summed E-state index contributed by atoms with van der Waals surface area (Å²) in [5.74, 6) is 1.27. The van der Waals surface area contributed by atoms with Crippen LogP contribution in [0.5, 0.6) is 5.75 Å². The van der Waals surface area contributed by atoms with Gasteiger partial charge in [-0.25, -0.2) is 4.98 Å². The van der Waals surface area contributed by atoms with Crippen LogP contribution in [0.3, 0.4) is 0 Å². The fourth-order valence-corrected chi connectivity index (χ4v) is 3.65. The van der Waals surface area contributed by atoms with Gasteiger partial charge in [-0.2, -0.15) is 0 Å². The molecule has 1 atom stereocenters. The highest BCUT2D eigenvalue weighted by Gasteiger charge is 2.21. The summed E-state index contributed by atoms with van der Waals surface area (Å²) >= 11 is 1.47. The van der Waals surface area contributed by atoms with Crippen molar-refractivity contribution in [2.45, 2.75) is 26.7 Å². The molecular formula is C17H20N2O2S. The van der Waals surface area contributed by atoms with E-state index in [2.05, 4.69) is 16.4 Å². The van der Waals surface area contributed by atoms with Crippen LogP contribution in [-0.2, 0) is 12.8 Å². The van der Waals surface area contributed by atoms with Crippen molar-refractivity contribution >= 4 is 17.2 Å². The van der Waals surface area contributed by atoms with Crippen LogP contribution in [0.25, 0.3) is 0 Å². The number of hydrogen-bond donors (Lipinski definition) is 1. The molecule has 1 aromatic heterocycles. The number of amides is 1. The van der Waals surface area contributed by atoms with Crippen molar-refractivity contribution in [3.63, 3.8) is 0 Å². The third-order valence-corrected chi connectivity index (χ3v) is 4.86. The zero-order valence-corrected chi connectivity index (χ0v) is 13.7. The summed E-state index contributed by atoms with van der Waals surface area (Å²) in [6.07, 6.45) is 1.73. The van der Waals surface area contributed by atoms with Gasteiger partial charge in [-0.1, -0.05) is 25.1 Å². The van der Waals surface area contributed by atoms with Crippen molar-refractivity contribution in [1.82, 2.24) is 10.3 Å². The van der Waals surface area contributed by atoms with Gasteiger partial charge in [0.1, 0.15) is 10.6 Å². The first-order valence-electron chi connectivity index (χ1n) is 7.62. The summed E-state index contributed by atoms with van der Waals surface area (Å²) < 4.78 is 5.76. The van der Waals surface area contributed by atoms with E-state index < -0.39 is 0 Å². The fraction of sp³-hybridized carbons (Fsp3) is 0.412. The van der Waals surface area contributed by atoms with Gasteiger partial charge in [0, 0.05) is 12.5 Å². The normalized spacial score (nSPS) is 16.7. The Balaban J connectivity index is 1.60. The fourth-order valence-electron chi connectivity index (χ4n) is 2.73. The van der Waals surface area contributed by atoms with Gasteiger partial charge in [-0.15, -0.1) is 11.3 Å². The average molecular weight is 316 g/mol. The van der Waals surface area contributed by atoms with Crippen molar-refractivity contribution in [1.29, 1.82) is 0 Å². The molecule has 3 rings (SSSR count). The third kappa shape index (κ3) is 3.14. The number of fused-ring (bicyclic) bond motifs is 1. The third-order valence-electron chi connectivity index (χ3n) is 3.85. The highest BCUT2D eigenvalue weighted by atomic mass is 32.1. The minimum Gasteiger partial charge on any atom is -0.493 e. The topological polar surface area (TPSA) is 51.2 Å². The maximum absolute atomic E-state index is 12.3. The molecule has 0 unspecified atom stereocenters. The number of nitrogens with one attached hydrogen (secondary N) is 1. The van der Waals surface area contributed by atoms with Crippen molar-refractivity contribution < 1.29 is 9.53 Å². The first kappa shape index (κ1) is 15.0. The molecule has 1 N–H and O–H groups in total. The van der Waals surface area contributed by atoms with Crippen LogP contribution >= 0.6 is 11.3 Å². The first-order chi connectivity index (χ1) is 10.7. The van der Waals surface area contributed by atoms with E-state index in [9.17, 15) is 4.79 Å². The Bertz CT molecular complexity index is 681. The molecule has 0 radical (unpaired) electrons. The zero-order chi connectivity index (χ0) is 15.5. The van der Waals surface area contributed by atoms with Gasteiger partial charge in [0.25, 0.3) is 5.91 Å². The summed E-state index contributed by atoms with van der Waals surface area (Å²) in [5.41, 5.74) is 2.11. The summed E-state index contributed by atoms with van der Waals surface area (Å²) in [6.45, 7) is 5.25. The smallest absolute Gasteiger partial charge is 0.263 e. The quantitative estimate of drug-likeness (QED) is 0.943. The number of thiazole rings is 1. The number of ether oxygens (including phenoxy) is 1. The van der Waals surface area contributed by atoms with Crippen LogP contribution in [0.1, 0.15) is 32.9 Å². The zero-order valence-electron chi connectivity index (χ0n) is 12.9.